The lowest BCUT2D eigenvalue weighted by molar-refractivity contribution is -0.132. The molecule has 1 unspecified atom stereocenters. The molecule has 1 aromatic rings. The van der Waals surface area contributed by atoms with Crippen LogP contribution in [-0.2, 0) is 11.3 Å². The van der Waals surface area contributed by atoms with Crippen molar-refractivity contribution in [3.05, 3.63) is 35.6 Å². The third-order valence-corrected chi connectivity index (χ3v) is 2.90. The molecule has 0 aliphatic carbocycles. The van der Waals surface area contributed by atoms with Gasteiger partial charge < -0.3 is 10.6 Å². The Kier molecular flexibility index (Phi) is 5.78. The normalized spacial score (nSPS) is 12.2. The van der Waals surface area contributed by atoms with Gasteiger partial charge in [0.15, 0.2) is 0 Å². The van der Waals surface area contributed by atoms with Crippen molar-refractivity contribution in [3.8, 4) is 0 Å². The molecule has 1 aromatic carbocycles. The molecule has 0 radical (unpaired) electrons. The minimum absolute atomic E-state index is 0.0622. The number of rotatable bonds is 6. The number of carbonyl (C=O) groups excluding carboxylic acids is 1. The SMILES string of the molecule is CCCCC(N)C(=O)N(C)Cc1ccc(F)cc1. The van der Waals surface area contributed by atoms with Crippen LogP contribution in [0.15, 0.2) is 24.3 Å². The van der Waals surface area contributed by atoms with Gasteiger partial charge in [0.05, 0.1) is 6.04 Å². The number of unbranched alkanes of at least 4 members (excludes halogenated alkanes) is 1. The highest BCUT2D eigenvalue weighted by atomic mass is 19.1. The first-order chi connectivity index (χ1) is 8.54. The molecule has 18 heavy (non-hydrogen) atoms. The Hall–Kier alpha value is -1.42. The zero-order valence-electron chi connectivity index (χ0n) is 11.0. The molecule has 1 amide bonds. The van der Waals surface area contributed by atoms with Crippen LogP contribution in [0.5, 0.6) is 0 Å². The molecule has 0 saturated heterocycles. The van der Waals surface area contributed by atoms with E-state index in [-0.39, 0.29) is 11.7 Å². The number of amides is 1. The Balaban J connectivity index is 2.51. The fourth-order valence-corrected chi connectivity index (χ4v) is 1.77. The van der Waals surface area contributed by atoms with Crippen LogP contribution in [0.1, 0.15) is 31.7 Å². The van der Waals surface area contributed by atoms with Crippen molar-refractivity contribution < 1.29 is 9.18 Å². The average Bonchev–Trinajstić information content (AvgIpc) is 2.37. The molecule has 0 spiro atoms. The summed E-state index contributed by atoms with van der Waals surface area (Å²) in [6.45, 7) is 2.53. The molecule has 0 aliphatic rings. The molecule has 0 bridgehead atoms. The third kappa shape index (κ3) is 4.45. The van der Waals surface area contributed by atoms with Crippen LogP contribution in [-0.4, -0.2) is 23.9 Å². The van der Waals surface area contributed by atoms with Crippen LogP contribution in [0.25, 0.3) is 0 Å². The lowest BCUT2D eigenvalue weighted by Crippen LogP contribution is -2.41. The molecule has 0 aromatic heterocycles. The fraction of sp³-hybridized carbons (Fsp3) is 0.500. The minimum atomic E-state index is -0.435. The van der Waals surface area contributed by atoms with E-state index in [4.69, 9.17) is 5.73 Å². The minimum Gasteiger partial charge on any atom is -0.340 e. The van der Waals surface area contributed by atoms with Crippen molar-refractivity contribution in [1.29, 1.82) is 0 Å². The van der Waals surface area contributed by atoms with Crippen molar-refractivity contribution in [3.63, 3.8) is 0 Å². The third-order valence-electron chi connectivity index (χ3n) is 2.90. The maximum absolute atomic E-state index is 12.7. The maximum atomic E-state index is 12.7. The molecular formula is C14H21FN2O. The lowest BCUT2D eigenvalue weighted by atomic mass is 10.1. The molecule has 0 aliphatic heterocycles. The second kappa shape index (κ2) is 7.11. The monoisotopic (exact) mass is 252 g/mol. The van der Waals surface area contributed by atoms with Gasteiger partial charge in [0.25, 0.3) is 0 Å². The highest BCUT2D eigenvalue weighted by Gasteiger charge is 2.17. The summed E-state index contributed by atoms with van der Waals surface area (Å²) in [6, 6.07) is 5.71. The summed E-state index contributed by atoms with van der Waals surface area (Å²) in [4.78, 5) is 13.5. The van der Waals surface area contributed by atoms with E-state index in [1.807, 2.05) is 0 Å². The van der Waals surface area contributed by atoms with Crippen molar-refractivity contribution in [2.45, 2.75) is 38.8 Å². The van der Waals surface area contributed by atoms with E-state index in [1.54, 1.807) is 24.1 Å². The number of hydrogen-bond acceptors (Lipinski definition) is 2. The van der Waals surface area contributed by atoms with Crippen molar-refractivity contribution in [2.75, 3.05) is 7.05 Å². The number of likely N-dealkylation sites (N-methyl/N-ethyl adjacent to an activating group) is 1. The average molecular weight is 252 g/mol. The molecule has 3 nitrogen and oxygen atoms in total. The number of benzene rings is 1. The van der Waals surface area contributed by atoms with E-state index >= 15 is 0 Å². The summed E-state index contributed by atoms with van der Waals surface area (Å²) in [7, 11) is 1.72. The zero-order valence-corrected chi connectivity index (χ0v) is 11.0. The highest BCUT2D eigenvalue weighted by Crippen LogP contribution is 2.08. The first-order valence-corrected chi connectivity index (χ1v) is 6.29. The van der Waals surface area contributed by atoms with E-state index in [0.29, 0.717) is 13.0 Å². The first-order valence-electron chi connectivity index (χ1n) is 6.29. The van der Waals surface area contributed by atoms with Gasteiger partial charge in [-0.05, 0) is 24.1 Å². The van der Waals surface area contributed by atoms with Gasteiger partial charge >= 0.3 is 0 Å². The Morgan fingerprint density at radius 3 is 2.56 bits per heavy atom. The second-order valence-electron chi connectivity index (χ2n) is 4.57. The molecule has 1 rings (SSSR count). The summed E-state index contributed by atoms with van der Waals surface area (Å²) in [6.07, 6.45) is 2.70. The second-order valence-corrected chi connectivity index (χ2v) is 4.57. The van der Waals surface area contributed by atoms with Crippen molar-refractivity contribution in [2.24, 2.45) is 5.73 Å². The van der Waals surface area contributed by atoms with Gasteiger partial charge in [-0.25, -0.2) is 4.39 Å². The standard InChI is InChI=1S/C14H21FN2O/c1-3-4-5-13(16)14(18)17(2)10-11-6-8-12(15)9-7-11/h6-9,13H,3-5,10,16H2,1-2H3. The van der Waals surface area contributed by atoms with Crippen LogP contribution >= 0.6 is 0 Å². The number of hydrogen-bond donors (Lipinski definition) is 1. The molecule has 100 valence electrons. The largest absolute Gasteiger partial charge is 0.340 e. The number of halogens is 1. The molecule has 1 atom stereocenters. The summed E-state index contributed by atoms with van der Waals surface area (Å²) in [5.41, 5.74) is 6.73. The van der Waals surface area contributed by atoms with Gasteiger partial charge in [0.2, 0.25) is 5.91 Å². The number of carbonyl (C=O) groups is 1. The van der Waals surface area contributed by atoms with Crippen molar-refractivity contribution in [1.82, 2.24) is 4.90 Å². The smallest absolute Gasteiger partial charge is 0.239 e. The van der Waals surface area contributed by atoms with Gasteiger partial charge in [-0.2, -0.15) is 0 Å². The van der Waals surface area contributed by atoms with Crippen LogP contribution in [0, 0.1) is 5.82 Å². The van der Waals surface area contributed by atoms with Gasteiger partial charge in [0.1, 0.15) is 5.82 Å². The zero-order chi connectivity index (χ0) is 13.5. The molecule has 0 saturated carbocycles. The Labute approximate surface area is 108 Å². The summed E-state index contributed by atoms with van der Waals surface area (Å²) >= 11 is 0. The Morgan fingerprint density at radius 1 is 1.39 bits per heavy atom. The summed E-state index contributed by atoms with van der Waals surface area (Å²) in [5.74, 6) is -0.333. The van der Waals surface area contributed by atoms with E-state index < -0.39 is 6.04 Å². The van der Waals surface area contributed by atoms with E-state index in [9.17, 15) is 9.18 Å². The number of nitrogens with two attached hydrogens (primary N) is 1. The molecule has 0 heterocycles. The van der Waals surface area contributed by atoms with Gasteiger partial charge in [-0.3, -0.25) is 4.79 Å². The quantitative estimate of drug-likeness (QED) is 0.844. The van der Waals surface area contributed by atoms with Crippen molar-refractivity contribution >= 4 is 5.91 Å². The fourth-order valence-electron chi connectivity index (χ4n) is 1.77. The van der Waals surface area contributed by atoms with Gasteiger partial charge in [-0.15, -0.1) is 0 Å². The molecule has 2 N–H and O–H groups in total. The van der Waals surface area contributed by atoms with E-state index in [0.717, 1.165) is 18.4 Å². The lowest BCUT2D eigenvalue weighted by Gasteiger charge is -2.21. The predicted octanol–water partition coefficient (Wildman–Crippen LogP) is 2.30. The van der Waals surface area contributed by atoms with Gasteiger partial charge in [-0.1, -0.05) is 31.9 Å². The summed E-state index contributed by atoms with van der Waals surface area (Å²) in [5, 5.41) is 0. The molecule has 4 heteroatoms. The predicted molar refractivity (Wildman–Crippen MR) is 70.4 cm³/mol. The van der Waals surface area contributed by atoms with Gasteiger partial charge in [0, 0.05) is 13.6 Å². The first kappa shape index (κ1) is 14.6. The Morgan fingerprint density at radius 2 is 2.00 bits per heavy atom. The van der Waals surface area contributed by atoms with Crippen LogP contribution in [0.3, 0.4) is 0 Å². The summed E-state index contributed by atoms with van der Waals surface area (Å²) < 4.78 is 12.7. The molecular weight excluding hydrogens is 231 g/mol. The van der Waals surface area contributed by atoms with Crippen LogP contribution < -0.4 is 5.73 Å². The highest BCUT2D eigenvalue weighted by molar-refractivity contribution is 5.81. The van der Waals surface area contributed by atoms with E-state index in [1.165, 1.54) is 12.1 Å². The number of nitrogens with zero attached hydrogens (tertiary/aromatic N) is 1. The molecule has 0 fully saturated rings. The van der Waals surface area contributed by atoms with Crippen LogP contribution in [0.4, 0.5) is 4.39 Å². The maximum Gasteiger partial charge on any atom is 0.239 e. The topological polar surface area (TPSA) is 46.3 Å². The Bertz CT molecular complexity index is 378. The van der Waals surface area contributed by atoms with E-state index in [2.05, 4.69) is 6.92 Å². The van der Waals surface area contributed by atoms with Crippen LogP contribution in [0.2, 0.25) is 0 Å².